The summed E-state index contributed by atoms with van der Waals surface area (Å²) in [5, 5.41) is 5.65. The van der Waals surface area contributed by atoms with Crippen LogP contribution in [-0.4, -0.2) is 38.3 Å². The molecule has 0 radical (unpaired) electrons. The smallest absolute Gasteiger partial charge is 0.319 e. The van der Waals surface area contributed by atoms with Crippen LogP contribution in [0.15, 0.2) is 12.1 Å². The maximum absolute atomic E-state index is 11.9. The second-order valence-electron chi connectivity index (χ2n) is 4.53. The highest BCUT2D eigenvalue weighted by Gasteiger charge is 2.11. The number of halogens is 1. The maximum atomic E-state index is 11.9. The molecule has 1 rings (SSSR count). The van der Waals surface area contributed by atoms with Gasteiger partial charge in [-0.3, -0.25) is 0 Å². The summed E-state index contributed by atoms with van der Waals surface area (Å²) < 4.78 is 11.5. The Morgan fingerprint density at radius 3 is 2.59 bits per heavy atom. The van der Waals surface area contributed by atoms with Crippen molar-refractivity contribution in [2.24, 2.45) is 0 Å². The Bertz CT molecular complexity index is 486. The number of nitrogens with one attached hydrogen (secondary N) is 2. The number of carbonyl (C=O) groups is 1. The van der Waals surface area contributed by atoms with Gasteiger partial charge in [-0.1, -0.05) is 6.92 Å². The number of hydrogen-bond donors (Lipinski definition) is 2. The molecule has 0 heterocycles. The van der Waals surface area contributed by atoms with Crippen LogP contribution in [-0.2, 0) is 0 Å². The quantitative estimate of drug-likeness (QED) is 0.453. The Labute approximate surface area is 150 Å². The molecule has 0 aliphatic carbocycles. The second kappa shape index (κ2) is 10.8. The predicted molar refractivity (Wildman–Crippen MR) is 102 cm³/mol. The van der Waals surface area contributed by atoms with Crippen molar-refractivity contribution in [1.82, 2.24) is 5.32 Å². The van der Waals surface area contributed by atoms with E-state index in [1.165, 1.54) is 12.2 Å². The van der Waals surface area contributed by atoms with Gasteiger partial charge in [0.2, 0.25) is 0 Å². The molecular formula is C15H23IN2O3S. The van der Waals surface area contributed by atoms with Crippen molar-refractivity contribution in [3.63, 3.8) is 0 Å². The molecule has 0 aliphatic heterocycles. The number of rotatable bonds is 9. The molecule has 0 unspecified atom stereocenters. The minimum Gasteiger partial charge on any atom is -0.496 e. The molecule has 1 aromatic carbocycles. The number of thioether (sulfide) groups is 1. The molecule has 5 nitrogen and oxygen atoms in total. The molecule has 7 heteroatoms. The molecule has 2 amide bonds. The molecule has 0 atom stereocenters. The molecule has 0 bridgehead atoms. The van der Waals surface area contributed by atoms with E-state index in [9.17, 15) is 4.79 Å². The molecule has 2 N–H and O–H groups in total. The number of amides is 2. The fraction of sp³-hybridized carbons (Fsp3) is 0.533. The standard InChI is InChI=1S/C15H23IN2O3S/c1-4-7-22-8-5-6-17-15(19)18-12-10-13(20-2)11(16)9-14(12)21-3/h9-10H,4-8H2,1-3H3,(H2,17,18,19). The lowest BCUT2D eigenvalue weighted by atomic mass is 10.2. The fourth-order valence-electron chi connectivity index (χ4n) is 1.75. The Morgan fingerprint density at radius 1 is 1.23 bits per heavy atom. The lowest BCUT2D eigenvalue weighted by Gasteiger charge is -2.13. The third-order valence-corrected chi connectivity index (χ3v) is 4.94. The predicted octanol–water partition coefficient (Wildman–Crippen LogP) is 3.96. The van der Waals surface area contributed by atoms with Crippen molar-refractivity contribution >= 4 is 46.1 Å². The highest BCUT2D eigenvalue weighted by atomic mass is 127. The average molecular weight is 438 g/mol. The van der Waals surface area contributed by atoms with E-state index in [1.54, 1.807) is 20.3 Å². The van der Waals surface area contributed by atoms with Crippen LogP contribution in [0.4, 0.5) is 10.5 Å². The molecule has 0 saturated heterocycles. The van der Waals surface area contributed by atoms with Gasteiger partial charge in [-0.2, -0.15) is 11.8 Å². The largest absolute Gasteiger partial charge is 0.496 e. The van der Waals surface area contributed by atoms with E-state index in [-0.39, 0.29) is 6.03 Å². The van der Waals surface area contributed by atoms with Gasteiger partial charge in [-0.15, -0.1) is 0 Å². The van der Waals surface area contributed by atoms with Crippen LogP contribution in [0.25, 0.3) is 0 Å². The van der Waals surface area contributed by atoms with E-state index in [4.69, 9.17) is 9.47 Å². The van der Waals surface area contributed by atoms with Gasteiger partial charge in [0.05, 0.1) is 23.5 Å². The summed E-state index contributed by atoms with van der Waals surface area (Å²) in [5.74, 6) is 3.55. The van der Waals surface area contributed by atoms with E-state index < -0.39 is 0 Å². The number of methoxy groups -OCH3 is 2. The van der Waals surface area contributed by atoms with Crippen LogP contribution < -0.4 is 20.1 Å². The number of anilines is 1. The van der Waals surface area contributed by atoms with Crippen LogP contribution in [0.2, 0.25) is 0 Å². The molecule has 1 aromatic rings. The molecular weight excluding hydrogens is 415 g/mol. The maximum Gasteiger partial charge on any atom is 0.319 e. The van der Waals surface area contributed by atoms with E-state index in [1.807, 2.05) is 17.8 Å². The summed E-state index contributed by atoms with van der Waals surface area (Å²) >= 11 is 4.07. The van der Waals surface area contributed by atoms with E-state index in [0.717, 1.165) is 15.7 Å². The Kier molecular flexibility index (Phi) is 9.45. The number of urea groups is 1. The number of hydrogen-bond acceptors (Lipinski definition) is 4. The normalized spacial score (nSPS) is 10.2. The first kappa shape index (κ1) is 19.2. The zero-order valence-corrected chi connectivity index (χ0v) is 16.2. The van der Waals surface area contributed by atoms with E-state index >= 15 is 0 Å². The molecule has 0 aromatic heterocycles. The minimum atomic E-state index is -0.234. The fourth-order valence-corrected chi connectivity index (χ4v) is 3.25. The van der Waals surface area contributed by atoms with E-state index in [2.05, 4.69) is 40.1 Å². The van der Waals surface area contributed by atoms with Crippen molar-refractivity contribution in [2.75, 3.05) is 37.6 Å². The average Bonchev–Trinajstić information content (AvgIpc) is 2.52. The zero-order chi connectivity index (χ0) is 16.4. The first-order valence-corrected chi connectivity index (χ1v) is 9.39. The summed E-state index contributed by atoms with van der Waals surface area (Å²) in [7, 11) is 3.17. The van der Waals surface area contributed by atoms with Gasteiger partial charge in [-0.05, 0) is 53.0 Å². The highest BCUT2D eigenvalue weighted by Crippen LogP contribution is 2.33. The number of carbonyl (C=O) groups excluding carboxylic acids is 1. The van der Waals surface area contributed by atoms with Crippen LogP contribution in [0.3, 0.4) is 0 Å². The van der Waals surface area contributed by atoms with Crippen molar-refractivity contribution < 1.29 is 14.3 Å². The van der Waals surface area contributed by atoms with Gasteiger partial charge < -0.3 is 20.1 Å². The molecule has 124 valence electrons. The van der Waals surface area contributed by atoms with Crippen LogP contribution in [0.5, 0.6) is 11.5 Å². The number of ether oxygens (including phenoxy) is 2. The zero-order valence-electron chi connectivity index (χ0n) is 13.2. The van der Waals surface area contributed by atoms with Crippen molar-refractivity contribution in [3.8, 4) is 11.5 Å². The van der Waals surface area contributed by atoms with Gasteiger partial charge >= 0.3 is 6.03 Å². The Morgan fingerprint density at radius 2 is 1.95 bits per heavy atom. The van der Waals surface area contributed by atoms with Crippen molar-refractivity contribution in [1.29, 1.82) is 0 Å². The minimum absolute atomic E-state index is 0.234. The SMILES string of the molecule is CCCSCCCNC(=O)Nc1cc(OC)c(I)cc1OC. The third kappa shape index (κ3) is 6.51. The lowest BCUT2D eigenvalue weighted by Crippen LogP contribution is -2.30. The first-order chi connectivity index (χ1) is 10.6. The molecule has 0 aliphatic rings. The monoisotopic (exact) mass is 438 g/mol. The van der Waals surface area contributed by atoms with Gasteiger partial charge in [0.1, 0.15) is 11.5 Å². The summed E-state index contributed by atoms with van der Waals surface area (Å²) in [6.07, 6.45) is 2.15. The van der Waals surface area contributed by atoms with Crippen LogP contribution >= 0.6 is 34.4 Å². The molecule has 0 saturated carbocycles. The van der Waals surface area contributed by atoms with Gasteiger partial charge in [0, 0.05) is 12.6 Å². The van der Waals surface area contributed by atoms with Gasteiger partial charge in [0.15, 0.2) is 0 Å². The molecule has 22 heavy (non-hydrogen) atoms. The van der Waals surface area contributed by atoms with Crippen molar-refractivity contribution in [3.05, 3.63) is 15.7 Å². The molecule has 0 spiro atoms. The van der Waals surface area contributed by atoms with Gasteiger partial charge in [0.25, 0.3) is 0 Å². The van der Waals surface area contributed by atoms with Crippen LogP contribution in [0, 0.1) is 3.57 Å². The lowest BCUT2D eigenvalue weighted by molar-refractivity contribution is 0.252. The highest BCUT2D eigenvalue weighted by molar-refractivity contribution is 14.1. The third-order valence-electron chi connectivity index (χ3n) is 2.82. The Balaban J connectivity index is 2.49. The second-order valence-corrected chi connectivity index (χ2v) is 6.92. The van der Waals surface area contributed by atoms with Crippen LogP contribution in [0.1, 0.15) is 19.8 Å². The molecule has 0 fully saturated rings. The summed E-state index contributed by atoms with van der Waals surface area (Å²) in [6.45, 7) is 2.83. The van der Waals surface area contributed by atoms with E-state index in [0.29, 0.717) is 23.7 Å². The summed E-state index contributed by atoms with van der Waals surface area (Å²) in [5.41, 5.74) is 0.595. The Hall–Kier alpha value is -0.830. The van der Waals surface area contributed by atoms with Crippen molar-refractivity contribution in [2.45, 2.75) is 19.8 Å². The first-order valence-electron chi connectivity index (χ1n) is 7.16. The topological polar surface area (TPSA) is 59.6 Å². The summed E-state index contributed by atoms with van der Waals surface area (Å²) in [6, 6.07) is 3.36. The number of benzene rings is 1. The summed E-state index contributed by atoms with van der Waals surface area (Å²) in [4.78, 5) is 11.9. The van der Waals surface area contributed by atoms with Gasteiger partial charge in [-0.25, -0.2) is 4.79 Å².